The van der Waals surface area contributed by atoms with Gasteiger partial charge in [-0.3, -0.25) is 0 Å². The maximum absolute atomic E-state index is 12.2. The molecule has 0 aromatic heterocycles. The van der Waals surface area contributed by atoms with Crippen LogP contribution in [0.25, 0.3) is 0 Å². The van der Waals surface area contributed by atoms with Gasteiger partial charge >= 0.3 is 7.60 Å². The van der Waals surface area contributed by atoms with E-state index in [9.17, 15) is 4.57 Å². The minimum atomic E-state index is -3.25. The van der Waals surface area contributed by atoms with E-state index in [4.69, 9.17) is 20.6 Å². The fourth-order valence-electron chi connectivity index (χ4n) is 1.39. The van der Waals surface area contributed by atoms with E-state index in [-0.39, 0.29) is 0 Å². The molecule has 0 spiro atoms. The number of hydrogen-bond donors (Lipinski definition) is 0. The van der Waals surface area contributed by atoms with E-state index in [1.807, 2.05) is 6.07 Å². The molecular formula is C13H12ClO3P. The largest absolute Gasteiger partial charge is 0.427 e. The van der Waals surface area contributed by atoms with E-state index < -0.39 is 7.60 Å². The third kappa shape index (κ3) is 3.52. The molecule has 0 aliphatic rings. The summed E-state index contributed by atoms with van der Waals surface area (Å²) in [5.74, 6) is 0.844. The minimum Gasteiger partial charge on any atom is -0.416 e. The molecule has 2 aromatic carbocycles. The molecule has 5 heteroatoms. The number of hydrogen-bond acceptors (Lipinski definition) is 3. The zero-order chi connectivity index (χ0) is 13.0. The van der Waals surface area contributed by atoms with E-state index in [1.54, 1.807) is 48.5 Å². The topological polar surface area (TPSA) is 35.5 Å². The normalized spacial score (nSPS) is 13.7. The van der Waals surface area contributed by atoms with Gasteiger partial charge < -0.3 is 9.05 Å². The quantitative estimate of drug-likeness (QED) is 0.768. The lowest BCUT2D eigenvalue weighted by Gasteiger charge is -2.16. The molecule has 3 nitrogen and oxygen atoms in total. The van der Waals surface area contributed by atoms with Gasteiger partial charge in [0.2, 0.25) is 0 Å². The Bertz CT molecular complexity index is 571. The standard InChI is InChI=1S/C13H12ClO3P/c1-18(15,16-11-7-3-2-4-8-11)17-13-10-6-5-9-12(13)14/h2-10H,1H3. The van der Waals surface area contributed by atoms with Gasteiger partial charge in [0.25, 0.3) is 0 Å². The summed E-state index contributed by atoms with van der Waals surface area (Å²) in [4.78, 5) is 0. The summed E-state index contributed by atoms with van der Waals surface area (Å²) in [5, 5.41) is 0.399. The van der Waals surface area contributed by atoms with E-state index in [0.717, 1.165) is 0 Å². The van der Waals surface area contributed by atoms with Crippen LogP contribution < -0.4 is 9.05 Å². The van der Waals surface area contributed by atoms with Crippen LogP contribution in [0.1, 0.15) is 0 Å². The van der Waals surface area contributed by atoms with Crippen LogP contribution in [0.15, 0.2) is 54.6 Å². The average molecular weight is 283 g/mol. The predicted molar refractivity (Wildman–Crippen MR) is 72.7 cm³/mol. The summed E-state index contributed by atoms with van der Waals surface area (Å²) < 4.78 is 22.9. The van der Waals surface area contributed by atoms with Crippen LogP contribution in [0.3, 0.4) is 0 Å². The van der Waals surface area contributed by atoms with Crippen molar-refractivity contribution in [2.75, 3.05) is 6.66 Å². The first-order valence-electron chi connectivity index (χ1n) is 5.33. The van der Waals surface area contributed by atoms with E-state index in [1.165, 1.54) is 6.66 Å². The van der Waals surface area contributed by atoms with Gasteiger partial charge in [0, 0.05) is 0 Å². The van der Waals surface area contributed by atoms with Crippen LogP contribution in [0.5, 0.6) is 11.5 Å². The van der Waals surface area contributed by atoms with Crippen LogP contribution in [0.2, 0.25) is 5.02 Å². The summed E-state index contributed by atoms with van der Waals surface area (Å²) in [7, 11) is -3.25. The highest BCUT2D eigenvalue weighted by atomic mass is 35.5. The van der Waals surface area contributed by atoms with E-state index >= 15 is 0 Å². The third-order valence-corrected chi connectivity index (χ3v) is 3.50. The minimum absolute atomic E-state index is 0.348. The first-order chi connectivity index (χ1) is 8.57. The first kappa shape index (κ1) is 13.0. The average Bonchev–Trinajstić information content (AvgIpc) is 2.32. The Morgan fingerprint density at radius 2 is 1.56 bits per heavy atom. The van der Waals surface area contributed by atoms with Crippen molar-refractivity contribution < 1.29 is 13.6 Å². The lowest BCUT2D eigenvalue weighted by Crippen LogP contribution is -1.99. The molecular weight excluding hydrogens is 271 g/mol. The Kier molecular flexibility index (Phi) is 3.95. The summed E-state index contributed by atoms with van der Waals surface area (Å²) in [6, 6.07) is 15.7. The van der Waals surface area contributed by atoms with Crippen molar-refractivity contribution in [3.63, 3.8) is 0 Å². The molecule has 2 rings (SSSR count). The molecule has 0 bridgehead atoms. The van der Waals surface area contributed by atoms with Gasteiger partial charge in [-0.05, 0) is 24.3 Å². The van der Waals surface area contributed by atoms with E-state index in [2.05, 4.69) is 0 Å². The molecule has 1 atom stereocenters. The smallest absolute Gasteiger partial charge is 0.416 e. The zero-order valence-electron chi connectivity index (χ0n) is 9.75. The zero-order valence-corrected chi connectivity index (χ0v) is 11.4. The van der Waals surface area contributed by atoms with Crippen molar-refractivity contribution in [2.45, 2.75) is 0 Å². The van der Waals surface area contributed by atoms with Gasteiger partial charge in [-0.15, -0.1) is 0 Å². The fraction of sp³-hybridized carbons (Fsp3) is 0.0769. The second-order valence-electron chi connectivity index (χ2n) is 3.70. The molecule has 0 amide bonds. The molecule has 2 aromatic rings. The fourth-order valence-corrected chi connectivity index (χ4v) is 2.68. The SMILES string of the molecule is CP(=O)(Oc1ccccc1)Oc1ccccc1Cl. The Hall–Kier alpha value is -1.44. The summed E-state index contributed by atoms with van der Waals surface area (Å²) >= 11 is 5.93. The Morgan fingerprint density at radius 1 is 0.944 bits per heavy atom. The Balaban J connectivity index is 2.13. The summed E-state index contributed by atoms with van der Waals surface area (Å²) in [5.41, 5.74) is 0. The summed E-state index contributed by atoms with van der Waals surface area (Å²) in [6.07, 6.45) is 0. The van der Waals surface area contributed by atoms with Gasteiger partial charge in [0.1, 0.15) is 11.5 Å². The molecule has 0 aliphatic carbocycles. The highest BCUT2D eigenvalue weighted by Crippen LogP contribution is 2.46. The predicted octanol–water partition coefficient (Wildman–Crippen LogP) is 4.62. The number of benzene rings is 2. The van der Waals surface area contributed by atoms with Crippen LogP contribution in [0, 0.1) is 0 Å². The Morgan fingerprint density at radius 3 is 2.22 bits per heavy atom. The van der Waals surface area contributed by atoms with Crippen LogP contribution in [-0.2, 0) is 4.57 Å². The highest BCUT2D eigenvalue weighted by Gasteiger charge is 2.21. The van der Waals surface area contributed by atoms with Gasteiger partial charge in [0.15, 0.2) is 0 Å². The lowest BCUT2D eigenvalue weighted by molar-refractivity contribution is 0.393. The number of para-hydroxylation sites is 2. The van der Waals surface area contributed by atoms with Gasteiger partial charge in [-0.2, -0.15) is 0 Å². The number of rotatable bonds is 4. The maximum atomic E-state index is 12.2. The number of halogens is 1. The Labute approximate surface area is 111 Å². The molecule has 0 fully saturated rings. The van der Waals surface area contributed by atoms with Crippen LogP contribution in [0.4, 0.5) is 0 Å². The van der Waals surface area contributed by atoms with E-state index in [0.29, 0.717) is 16.5 Å². The lowest BCUT2D eigenvalue weighted by atomic mass is 10.3. The van der Waals surface area contributed by atoms with Gasteiger partial charge in [-0.25, -0.2) is 4.57 Å². The molecule has 94 valence electrons. The van der Waals surface area contributed by atoms with Crippen molar-refractivity contribution in [1.82, 2.24) is 0 Å². The van der Waals surface area contributed by atoms with Crippen LogP contribution in [-0.4, -0.2) is 6.66 Å². The summed E-state index contributed by atoms with van der Waals surface area (Å²) in [6.45, 7) is 1.41. The molecule has 1 unspecified atom stereocenters. The molecule has 0 N–H and O–H groups in total. The van der Waals surface area contributed by atoms with Crippen molar-refractivity contribution in [1.29, 1.82) is 0 Å². The second-order valence-corrected chi connectivity index (χ2v) is 6.01. The second kappa shape index (κ2) is 5.47. The van der Waals surface area contributed by atoms with Crippen molar-refractivity contribution in [3.05, 3.63) is 59.6 Å². The van der Waals surface area contributed by atoms with Crippen molar-refractivity contribution in [3.8, 4) is 11.5 Å². The van der Waals surface area contributed by atoms with Crippen molar-refractivity contribution in [2.24, 2.45) is 0 Å². The van der Waals surface area contributed by atoms with Gasteiger partial charge in [0.05, 0.1) is 11.7 Å². The molecule has 0 heterocycles. The third-order valence-electron chi connectivity index (χ3n) is 2.12. The molecule has 0 aliphatic heterocycles. The molecule has 0 saturated heterocycles. The van der Waals surface area contributed by atoms with Gasteiger partial charge in [-0.1, -0.05) is 41.9 Å². The first-order valence-corrected chi connectivity index (χ1v) is 7.70. The van der Waals surface area contributed by atoms with Crippen LogP contribution >= 0.6 is 19.2 Å². The molecule has 0 radical (unpaired) electrons. The highest BCUT2D eigenvalue weighted by molar-refractivity contribution is 7.53. The molecule has 0 saturated carbocycles. The van der Waals surface area contributed by atoms with Crippen molar-refractivity contribution >= 4 is 19.2 Å². The monoisotopic (exact) mass is 282 g/mol. The maximum Gasteiger partial charge on any atom is 0.427 e. The molecule has 18 heavy (non-hydrogen) atoms.